The van der Waals surface area contributed by atoms with Crippen LogP contribution in [0.3, 0.4) is 0 Å². The second-order valence-corrected chi connectivity index (χ2v) is 6.96. The molecule has 0 aromatic heterocycles. The number of hydrogen-bond donors (Lipinski definition) is 1. The third-order valence-electron chi connectivity index (χ3n) is 4.87. The molecule has 0 unspecified atom stereocenters. The Morgan fingerprint density at radius 3 is 2.37 bits per heavy atom. The van der Waals surface area contributed by atoms with Crippen LogP contribution in [0.5, 0.6) is 11.5 Å². The second-order valence-electron chi connectivity index (χ2n) is 6.96. The Bertz CT molecular complexity index is 909. The molecule has 1 heterocycles. The smallest absolute Gasteiger partial charge is 0.244 e. The highest BCUT2D eigenvalue weighted by Crippen LogP contribution is 2.33. The van der Waals surface area contributed by atoms with E-state index in [1.165, 1.54) is 11.6 Å². The average Bonchev–Trinajstić information content (AvgIpc) is 2.77. The number of hydrogen-bond acceptors (Lipinski definition) is 4. The minimum atomic E-state index is -0.287. The van der Waals surface area contributed by atoms with E-state index in [4.69, 9.17) is 9.47 Å². The molecule has 0 fully saturated rings. The maximum absolute atomic E-state index is 12.6. The monoisotopic (exact) mass is 408 g/mol. The number of benzene rings is 2. The molecule has 1 N–H and O–H groups in total. The maximum Gasteiger partial charge on any atom is 0.244 e. The van der Waals surface area contributed by atoms with E-state index in [0.29, 0.717) is 32.1 Å². The summed E-state index contributed by atoms with van der Waals surface area (Å²) < 4.78 is 11.4. The van der Waals surface area contributed by atoms with Gasteiger partial charge >= 0.3 is 0 Å². The molecule has 0 atom stereocenters. The summed E-state index contributed by atoms with van der Waals surface area (Å²) in [4.78, 5) is 26.4. The first-order valence-electron chi connectivity index (χ1n) is 10.3. The predicted octanol–water partition coefficient (Wildman–Crippen LogP) is 3.20. The number of fused-ring (bicyclic) bond motifs is 1. The second kappa shape index (κ2) is 10.5. The molecule has 0 spiro atoms. The number of nitrogens with zero attached hydrogens (tertiary/aromatic N) is 1. The highest BCUT2D eigenvalue weighted by atomic mass is 16.5. The molecule has 0 bridgehead atoms. The van der Waals surface area contributed by atoms with Crippen LogP contribution in [-0.2, 0) is 22.6 Å². The van der Waals surface area contributed by atoms with Crippen LogP contribution in [0.15, 0.2) is 48.5 Å². The van der Waals surface area contributed by atoms with Gasteiger partial charge in [0.15, 0.2) is 11.5 Å². The van der Waals surface area contributed by atoms with Crippen molar-refractivity contribution in [3.63, 3.8) is 0 Å². The molecule has 2 amide bonds. The lowest BCUT2D eigenvalue weighted by Crippen LogP contribution is -2.42. The minimum Gasteiger partial charge on any atom is -0.490 e. The van der Waals surface area contributed by atoms with Crippen molar-refractivity contribution in [1.82, 2.24) is 10.2 Å². The first-order chi connectivity index (χ1) is 14.6. The van der Waals surface area contributed by atoms with E-state index in [0.717, 1.165) is 23.3 Å². The fraction of sp³-hybridized carbons (Fsp3) is 0.333. The van der Waals surface area contributed by atoms with Crippen LogP contribution >= 0.6 is 0 Å². The molecule has 1 aliphatic heterocycles. The topological polar surface area (TPSA) is 67.9 Å². The normalized spacial score (nSPS) is 13.1. The van der Waals surface area contributed by atoms with Crippen molar-refractivity contribution in [3.05, 3.63) is 65.2 Å². The summed E-state index contributed by atoms with van der Waals surface area (Å²) in [5, 5.41) is 2.67. The lowest BCUT2D eigenvalue weighted by Gasteiger charge is -2.30. The number of carbonyl (C=O) groups excluding carboxylic acids is 2. The van der Waals surface area contributed by atoms with Crippen molar-refractivity contribution in [2.45, 2.75) is 26.8 Å². The van der Waals surface area contributed by atoms with Gasteiger partial charge in [-0.15, -0.1) is 0 Å². The van der Waals surface area contributed by atoms with E-state index in [-0.39, 0.29) is 18.4 Å². The van der Waals surface area contributed by atoms with E-state index in [9.17, 15) is 9.59 Å². The van der Waals surface area contributed by atoms with Crippen molar-refractivity contribution in [3.8, 4) is 11.5 Å². The number of amides is 2. The molecule has 30 heavy (non-hydrogen) atoms. The first-order valence-corrected chi connectivity index (χ1v) is 10.3. The van der Waals surface area contributed by atoms with Crippen molar-refractivity contribution in [1.29, 1.82) is 0 Å². The Balaban J connectivity index is 1.58. The standard InChI is InChI=1S/C24H28N2O4/c1-3-29-21-14-19-12-13-26(17-20(19)15-22(21)30-4-2)24(28)16-25-23(27)11-10-18-8-6-5-7-9-18/h5-11,14-15H,3-4,12-13,16-17H2,1-2H3,(H,25,27)/b11-10+. The highest BCUT2D eigenvalue weighted by Gasteiger charge is 2.23. The molecule has 2 aromatic carbocycles. The Morgan fingerprint density at radius 1 is 1.03 bits per heavy atom. The van der Waals surface area contributed by atoms with Crippen LogP contribution < -0.4 is 14.8 Å². The lowest BCUT2D eigenvalue weighted by atomic mass is 9.98. The van der Waals surface area contributed by atoms with Gasteiger partial charge in [-0.05, 0) is 55.2 Å². The SMILES string of the molecule is CCOc1cc2c(cc1OCC)CN(C(=O)CNC(=O)/C=C/c1ccccc1)CC2. The van der Waals surface area contributed by atoms with Gasteiger partial charge in [0.1, 0.15) is 0 Å². The van der Waals surface area contributed by atoms with E-state index in [1.807, 2.05) is 56.3 Å². The largest absolute Gasteiger partial charge is 0.490 e. The Morgan fingerprint density at radius 2 is 1.70 bits per heavy atom. The van der Waals surface area contributed by atoms with E-state index in [1.54, 1.807) is 11.0 Å². The Labute approximate surface area is 177 Å². The van der Waals surface area contributed by atoms with Gasteiger partial charge in [-0.1, -0.05) is 30.3 Å². The van der Waals surface area contributed by atoms with Crippen LogP contribution in [-0.4, -0.2) is 43.0 Å². The number of nitrogens with one attached hydrogen (secondary N) is 1. The molecule has 0 aliphatic carbocycles. The summed E-state index contributed by atoms with van der Waals surface area (Å²) in [5.74, 6) is 1.06. The molecule has 0 saturated heterocycles. The molecule has 2 aromatic rings. The van der Waals surface area contributed by atoms with E-state index < -0.39 is 0 Å². The Kier molecular flexibility index (Phi) is 7.49. The zero-order valence-corrected chi connectivity index (χ0v) is 17.5. The minimum absolute atomic E-state index is 0.0252. The van der Waals surface area contributed by atoms with Gasteiger partial charge in [0.05, 0.1) is 19.8 Å². The first kappa shape index (κ1) is 21.4. The van der Waals surface area contributed by atoms with Gasteiger partial charge < -0.3 is 19.7 Å². The number of rotatable bonds is 8. The molecular formula is C24H28N2O4. The number of ether oxygens (including phenoxy) is 2. The molecule has 3 rings (SSSR count). The van der Waals surface area contributed by atoms with Crippen LogP contribution in [0.25, 0.3) is 6.08 Å². The molecule has 0 radical (unpaired) electrons. The summed E-state index contributed by atoms with van der Waals surface area (Å²) in [6.45, 7) is 6.07. The Hall–Kier alpha value is -3.28. The van der Waals surface area contributed by atoms with Crippen LogP contribution in [0.2, 0.25) is 0 Å². The van der Waals surface area contributed by atoms with Crippen molar-refractivity contribution in [2.24, 2.45) is 0 Å². The van der Waals surface area contributed by atoms with E-state index in [2.05, 4.69) is 5.32 Å². The van der Waals surface area contributed by atoms with Gasteiger partial charge in [0.2, 0.25) is 11.8 Å². The fourth-order valence-electron chi connectivity index (χ4n) is 3.38. The third-order valence-corrected chi connectivity index (χ3v) is 4.87. The quantitative estimate of drug-likeness (QED) is 0.681. The van der Waals surface area contributed by atoms with Crippen LogP contribution in [0, 0.1) is 0 Å². The summed E-state index contributed by atoms with van der Waals surface area (Å²) in [6, 6.07) is 13.5. The van der Waals surface area contributed by atoms with Crippen molar-refractivity contribution < 1.29 is 19.1 Å². The summed E-state index contributed by atoms with van der Waals surface area (Å²) in [5.41, 5.74) is 3.15. The van der Waals surface area contributed by atoms with Gasteiger partial charge in [0, 0.05) is 19.2 Å². The number of carbonyl (C=O) groups is 2. The summed E-state index contributed by atoms with van der Waals surface area (Å²) >= 11 is 0. The average molecular weight is 408 g/mol. The zero-order valence-electron chi connectivity index (χ0n) is 17.5. The van der Waals surface area contributed by atoms with E-state index >= 15 is 0 Å². The highest BCUT2D eigenvalue weighted by molar-refractivity contribution is 5.94. The predicted molar refractivity (Wildman–Crippen MR) is 116 cm³/mol. The fourth-order valence-corrected chi connectivity index (χ4v) is 3.38. The van der Waals surface area contributed by atoms with Gasteiger partial charge in [0.25, 0.3) is 0 Å². The van der Waals surface area contributed by atoms with Crippen molar-refractivity contribution >= 4 is 17.9 Å². The third kappa shape index (κ3) is 5.63. The van der Waals surface area contributed by atoms with Gasteiger partial charge in [-0.25, -0.2) is 0 Å². The molecule has 0 saturated carbocycles. The summed E-state index contributed by atoms with van der Waals surface area (Å²) in [7, 11) is 0. The van der Waals surface area contributed by atoms with Crippen LogP contribution in [0.1, 0.15) is 30.5 Å². The summed E-state index contributed by atoms with van der Waals surface area (Å²) in [6.07, 6.45) is 3.91. The van der Waals surface area contributed by atoms with Crippen LogP contribution in [0.4, 0.5) is 0 Å². The molecule has 158 valence electrons. The molecular weight excluding hydrogens is 380 g/mol. The zero-order chi connectivity index (χ0) is 21.3. The molecule has 1 aliphatic rings. The lowest BCUT2D eigenvalue weighted by molar-refractivity contribution is -0.132. The molecule has 6 nitrogen and oxygen atoms in total. The molecule has 6 heteroatoms. The van der Waals surface area contributed by atoms with Gasteiger partial charge in [-0.2, -0.15) is 0 Å². The van der Waals surface area contributed by atoms with Gasteiger partial charge in [-0.3, -0.25) is 9.59 Å². The maximum atomic E-state index is 12.6. The van der Waals surface area contributed by atoms with Crippen molar-refractivity contribution in [2.75, 3.05) is 26.3 Å².